The van der Waals surface area contributed by atoms with E-state index in [1.807, 2.05) is 6.92 Å². The summed E-state index contributed by atoms with van der Waals surface area (Å²) in [5.74, 6) is 0.816. The minimum atomic E-state index is -0.990. The van der Waals surface area contributed by atoms with Crippen LogP contribution < -0.4 is 5.32 Å². The first-order chi connectivity index (χ1) is 9.54. The van der Waals surface area contributed by atoms with Crippen LogP contribution in [0.5, 0.6) is 0 Å². The van der Waals surface area contributed by atoms with Crippen LogP contribution in [0.15, 0.2) is 18.2 Å². The third-order valence-electron chi connectivity index (χ3n) is 2.87. The molecule has 0 radical (unpaired) electrons. The summed E-state index contributed by atoms with van der Waals surface area (Å²) in [5.41, 5.74) is 1.62. The van der Waals surface area contributed by atoms with Crippen LogP contribution in [0.1, 0.15) is 42.1 Å². The zero-order valence-electron chi connectivity index (χ0n) is 11.9. The third-order valence-corrected chi connectivity index (χ3v) is 3.94. The molecule has 1 amide bonds. The number of aryl methyl sites for hydroxylation is 1. The van der Waals surface area contributed by atoms with Crippen LogP contribution >= 0.6 is 11.8 Å². The van der Waals surface area contributed by atoms with Crippen LogP contribution in [0.3, 0.4) is 0 Å². The Morgan fingerprint density at radius 3 is 2.70 bits per heavy atom. The molecule has 1 rings (SSSR count). The Labute approximate surface area is 124 Å². The minimum absolute atomic E-state index is 0.0698. The Bertz CT molecular complexity index is 474. The van der Waals surface area contributed by atoms with Crippen LogP contribution in [0.4, 0.5) is 5.69 Å². The van der Waals surface area contributed by atoms with E-state index >= 15 is 0 Å². The molecule has 0 aliphatic carbocycles. The molecular weight excluding hydrogens is 274 g/mol. The Morgan fingerprint density at radius 2 is 2.05 bits per heavy atom. The van der Waals surface area contributed by atoms with Crippen molar-refractivity contribution in [2.75, 3.05) is 16.8 Å². The topological polar surface area (TPSA) is 66.4 Å². The van der Waals surface area contributed by atoms with E-state index in [9.17, 15) is 9.59 Å². The van der Waals surface area contributed by atoms with Crippen molar-refractivity contribution in [2.45, 2.75) is 33.1 Å². The van der Waals surface area contributed by atoms with Crippen molar-refractivity contribution in [1.82, 2.24) is 0 Å². The van der Waals surface area contributed by atoms with Gasteiger partial charge in [-0.05, 0) is 36.8 Å². The summed E-state index contributed by atoms with van der Waals surface area (Å²) in [7, 11) is 0. The van der Waals surface area contributed by atoms with Crippen molar-refractivity contribution in [1.29, 1.82) is 0 Å². The molecule has 0 spiro atoms. The van der Waals surface area contributed by atoms with Gasteiger partial charge in [-0.15, -0.1) is 0 Å². The molecule has 0 saturated carbocycles. The van der Waals surface area contributed by atoms with Crippen molar-refractivity contribution in [3.05, 3.63) is 29.3 Å². The van der Waals surface area contributed by atoms with Crippen LogP contribution in [0.25, 0.3) is 0 Å². The number of benzene rings is 1. The van der Waals surface area contributed by atoms with Crippen molar-refractivity contribution in [3.8, 4) is 0 Å². The quantitative estimate of drug-likeness (QED) is 0.720. The number of thioether (sulfide) groups is 1. The first-order valence-electron chi connectivity index (χ1n) is 6.76. The highest BCUT2D eigenvalue weighted by atomic mass is 32.2. The molecule has 1 aromatic carbocycles. The van der Waals surface area contributed by atoms with E-state index < -0.39 is 5.97 Å². The summed E-state index contributed by atoms with van der Waals surface area (Å²) < 4.78 is 0. The number of unbranched alkanes of at least 4 members (excludes halogenated alkanes) is 1. The number of nitrogens with one attached hydrogen (secondary N) is 1. The highest BCUT2D eigenvalue weighted by molar-refractivity contribution is 7.99. The molecule has 20 heavy (non-hydrogen) atoms. The number of rotatable bonds is 8. The zero-order chi connectivity index (χ0) is 15.0. The molecule has 0 fully saturated rings. The summed E-state index contributed by atoms with van der Waals surface area (Å²) >= 11 is 1.77. The van der Waals surface area contributed by atoms with E-state index in [1.54, 1.807) is 17.8 Å². The van der Waals surface area contributed by atoms with Crippen molar-refractivity contribution >= 4 is 29.3 Å². The maximum atomic E-state index is 11.8. The van der Waals surface area contributed by atoms with Gasteiger partial charge in [0.05, 0.1) is 5.56 Å². The molecule has 0 aromatic heterocycles. The molecule has 5 heteroatoms. The van der Waals surface area contributed by atoms with E-state index in [0.29, 0.717) is 12.1 Å². The van der Waals surface area contributed by atoms with Gasteiger partial charge in [0.15, 0.2) is 0 Å². The Balaban J connectivity index is 2.49. The second-order valence-corrected chi connectivity index (χ2v) is 5.82. The number of amides is 1. The summed E-state index contributed by atoms with van der Waals surface area (Å²) in [6.45, 7) is 3.99. The number of carboxylic acid groups (broad SMARTS) is 1. The van der Waals surface area contributed by atoms with Gasteiger partial charge in [0, 0.05) is 17.9 Å². The monoisotopic (exact) mass is 295 g/mol. The van der Waals surface area contributed by atoms with Crippen LogP contribution in [-0.2, 0) is 4.79 Å². The summed E-state index contributed by atoms with van der Waals surface area (Å²) in [4.78, 5) is 22.7. The molecule has 0 aliphatic heterocycles. The Hall–Kier alpha value is -1.49. The highest BCUT2D eigenvalue weighted by Gasteiger charge is 2.09. The predicted octanol–water partition coefficient (Wildman–Crippen LogP) is 3.56. The van der Waals surface area contributed by atoms with Gasteiger partial charge < -0.3 is 10.4 Å². The molecule has 0 bridgehead atoms. The fourth-order valence-electron chi connectivity index (χ4n) is 1.62. The third kappa shape index (κ3) is 5.65. The molecule has 4 nitrogen and oxygen atoms in total. The molecule has 0 heterocycles. The zero-order valence-corrected chi connectivity index (χ0v) is 12.8. The lowest BCUT2D eigenvalue weighted by molar-refractivity contribution is -0.115. The highest BCUT2D eigenvalue weighted by Crippen LogP contribution is 2.17. The van der Waals surface area contributed by atoms with Crippen LogP contribution in [0.2, 0.25) is 0 Å². The molecule has 1 aromatic rings. The average Bonchev–Trinajstić information content (AvgIpc) is 2.40. The van der Waals surface area contributed by atoms with Crippen molar-refractivity contribution < 1.29 is 14.7 Å². The molecule has 0 saturated heterocycles. The molecular formula is C15H21NO3S. The number of carboxylic acids is 1. The van der Waals surface area contributed by atoms with Crippen molar-refractivity contribution in [3.63, 3.8) is 0 Å². The van der Waals surface area contributed by atoms with Gasteiger partial charge in [-0.3, -0.25) is 4.79 Å². The second kappa shape index (κ2) is 8.64. The van der Waals surface area contributed by atoms with Crippen LogP contribution in [0, 0.1) is 6.92 Å². The van der Waals surface area contributed by atoms with Crippen LogP contribution in [-0.4, -0.2) is 28.5 Å². The number of anilines is 1. The lowest BCUT2D eigenvalue weighted by atomic mass is 10.1. The van der Waals surface area contributed by atoms with Gasteiger partial charge in [-0.25, -0.2) is 4.79 Å². The number of hydrogen-bond acceptors (Lipinski definition) is 3. The van der Waals surface area contributed by atoms with E-state index in [4.69, 9.17) is 5.11 Å². The molecule has 0 aliphatic rings. The minimum Gasteiger partial charge on any atom is -0.478 e. The standard InChI is InChI=1S/C15H21NO3S/c1-3-4-8-20-9-7-14(17)16-13-10-12(15(18)19)6-5-11(13)2/h5-6,10H,3-4,7-9H2,1-2H3,(H,16,17)(H,18,19). The number of carbonyl (C=O) groups excluding carboxylic acids is 1. The van der Waals surface area contributed by atoms with Gasteiger partial charge in [0.1, 0.15) is 0 Å². The van der Waals surface area contributed by atoms with Crippen molar-refractivity contribution in [2.24, 2.45) is 0 Å². The smallest absolute Gasteiger partial charge is 0.335 e. The summed E-state index contributed by atoms with van der Waals surface area (Å²) in [5, 5.41) is 11.7. The van der Waals surface area contributed by atoms with E-state index in [0.717, 1.165) is 17.1 Å². The predicted molar refractivity (Wildman–Crippen MR) is 83.6 cm³/mol. The van der Waals surface area contributed by atoms with Gasteiger partial charge in [-0.2, -0.15) is 11.8 Å². The molecule has 0 unspecified atom stereocenters. The second-order valence-electron chi connectivity index (χ2n) is 4.60. The van der Waals surface area contributed by atoms with Gasteiger partial charge in [0.2, 0.25) is 5.91 Å². The SMILES string of the molecule is CCCCSCCC(=O)Nc1cc(C(=O)O)ccc1C. The maximum Gasteiger partial charge on any atom is 0.335 e. The normalized spacial score (nSPS) is 10.3. The summed E-state index contributed by atoms with van der Waals surface area (Å²) in [6.07, 6.45) is 2.79. The fourth-order valence-corrected chi connectivity index (χ4v) is 2.64. The lowest BCUT2D eigenvalue weighted by Crippen LogP contribution is -2.14. The fraction of sp³-hybridized carbons (Fsp3) is 0.467. The van der Waals surface area contributed by atoms with E-state index in [2.05, 4.69) is 12.2 Å². The van der Waals surface area contributed by atoms with E-state index in [1.165, 1.54) is 25.0 Å². The Morgan fingerprint density at radius 1 is 1.30 bits per heavy atom. The van der Waals surface area contributed by atoms with Gasteiger partial charge in [-0.1, -0.05) is 19.4 Å². The molecule has 2 N–H and O–H groups in total. The number of carbonyl (C=O) groups is 2. The largest absolute Gasteiger partial charge is 0.478 e. The maximum absolute atomic E-state index is 11.8. The lowest BCUT2D eigenvalue weighted by Gasteiger charge is -2.09. The molecule has 0 atom stereocenters. The van der Waals surface area contributed by atoms with Gasteiger partial charge in [0.25, 0.3) is 0 Å². The first-order valence-corrected chi connectivity index (χ1v) is 7.91. The average molecular weight is 295 g/mol. The van der Waals surface area contributed by atoms with Gasteiger partial charge >= 0.3 is 5.97 Å². The van der Waals surface area contributed by atoms with E-state index in [-0.39, 0.29) is 11.5 Å². The number of aromatic carboxylic acids is 1. The molecule has 110 valence electrons. The number of hydrogen-bond donors (Lipinski definition) is 2. The Kier molecular flexibility index (Phi) is 7.15. The summed E-state index contributed by atoms with van der Waals surface area (Å²) in [6, 6.07) is 4.74. The first kappa shape index (κ1) is 16.6.